The maximum Gasteiger partial charge on any atom is 0.258 e. The molecule has 0 saturated carbocycles. The molecule has 1 aromatic carbocycles. The van der Waals surface area contributed by atoms with Crippen LogP contribution in [0.3, 0.4) is 0 Å². The van der Waals surface area contributed by atoms with Crippen LogP contribution in [0, 0.1) is 0 Å². The van der Waals surface area contributed by atoms with Gasteiger partial charge in [-0.05, 0) is 26.0 Å². The van der Waals surface area contributed by atoms with Crippen molar-refractivity contribution in [3.05, 3.63) is 23.8 Å². The Kier molecular flexibility index (Phi) is 3.66. The summed E-state index contributed by atoms with van der Waals surface area (Å²) in [6.45, 7) is 5.44. The van der Waals surface area contributed by atoms with E-state index in [0.717, 1.165) is 0 Å². The van der Waals surface area contributed by atoms with E-state index in [1.807, 2.05) is 13.8 Å². The van der Waals surface area contributed by atoms with E-state index in [0.29, 0.717) is 25.5 Å². The Morgan fingerprint density at radius 2 is 2.21 bits per heavy atom. The Morgan fingerprint density at radius 1 is 1.47 bits per heavy atom. The Bertz CT molecular complexity index is 484. The van der Waals surface area contributed by atoms with Crippen molar-refractivity contribution < 1.29 is 19.4 Å². The molecule has 0 spiro atoms. The number of carbonyl (C=O) groups is 1. The van der Waals surface area contributed by atoms with Gasteiger partial charge in [0.15, 0.2) is 0 Å². The SMILES string of the molecule is COc1ccc(C(=O)N2CCOCC2(C)C)c(O)c1. The molecule has 1 heterocycles. The van der Waals surface area contributed by atoms with Gasteiger partial charge in [0.25, 0.3) is 5.91 Å². The Morgan fingerprint density at radius 3 is 2.79 bits per heavy atom. The molecule has 1 N–H and O–H groups in total. The van der Waals surface area contributed by atoms with Crippen LogP contribution in [-0.2, 0) is 4.74 Å². The first kappa shape index (κ1) is 13.7. The highest BCUT2D eigenvalue weighted by atomic mass is 16.5. The van der Waals surface area contributed by atoms with E-state index in [1.165, 1.54) is 13.2 Å². The summed E-state index contributed by atoms with van der Waals surface area (Å²) in [7, 11) is 1.52. The lowest BCUT2D eigenvalue weighted by Gasteiger charge is -2.42. The second-order valence-corrected chi connectivity index (χ2v) is 5.20. The maximum atomic E-state index is 12.5. The van der Waals surface area contributed by atoms with Crippen molar-refractivity contribution in [3.63, 3.8) is 0 Å². The summed E-state index contributed by atoms with van der Waals surface area (Å²) in [5.41, 5.74) is -0.0856. The molecule has 0 atom stereocenters. The molecule has 1 aliphatic rings. The van der Waals surface area contributed by atoms with E-state index in [-0.39, 0.29) is 22.8 Å². The number of carbonyl (C=O) groups excluding carboxylic acids is 1. The van der Waals surface area contributed by atoms with Crippen LogP contribution in [0.4, 0.5) is 0 Å². The Hall–Kier alpha value is -1.75. The highest BCUT2D eigenvalue weighted by molar-refractivity contribution is 5.97. The molecule has 0 aromatic heterocycles. The molecular formula is C14H19NO4. The molecule has 1 amide bonds. The average molecular weight is 265 g/mol. The van der Waals surface area contributed by atoms with Crippen LogP contribution in [0.5, 0.6) is 11.5 Å². The number of hydrogen-bond acceptors (Lipinski definition) is 4. The molecule has 5 heteroatoms. The quantitative estimate of drug-likeness (QED) is 0.883. The topological polar surface area (TPSA) is 59.0 Å². The summed E-state index contributed by atoms with van der Waals surface area (Å²) < 4.78 is 10.4. The number of ether oxygens (including phenoxy) is 2. The van der Waals surface area contributed by atoms with E-state index < -0.39 is 0 Å². The third kappa shape index (κ3) is 2.66. The molecule has 2 rings (SSSR count). The predicted octanol–water partition coefficient (Wildman–Crippen LogP) is 1.65. The summed E-state index contributed by atoms with van der Waals surface area (Å²) in [6.07, 6.45) is 0. The minimum atomic E-state index is -0.373. The molecule has 0 aliphatic carbocycles. The van der Waals surface area contributed by atoms with E-state index in [1.54, 1.807) is 17.0 Å². The zero-order valence-corrected chi connectivity index (χ0v) is 11.5. The number of nitrogens with zero attached hydrogens (tertiary/aromatic N) is 1. The third-order valence-corrected chi connectivity index (χ3v) is 3.33. The number of morpholine rings is 1. The van der Waals surface area contributed by atoms with Gasteiger partial charge in [-0.25, -0.2) is 0 Å². The van der Waals surface area contributed by atoms with Gasteiger partial charge in [-0.1, -0.05) is 0 Å². The highest BCUT2D eigenvalue weighted by Crippen LogP contribution is 2.28. The Labute approximate surface area is 112 Å². The van der Waals surface area contributed by atoms with Crippen LogP contribution in [0.15, 0.2) is 18.2 Å². The highest BCUT2D eigenvalue weighted by Gasteiger charge is 2.35. The first-order chi connectivity index (χ1) is 8.95. The summed E-state index contributed by atoms with van der Waals surface area (Å²) in [4.78, 5) is 14.2. The maximum absolute atomic E-state index is 12.5. The van der Waals surface area contributed by atoms with Gasteiger partial charge in [0, 0.05) is 12.6 Å². The largest absolute Gasteiger partial charge is 0.507 e. The third-order valence-electron chi connectivity index (χ3n) is 3.33. The summed E-state index contributed by atoms with van der Waals surface area (Å²) in [5.74, 6) is 0.274. The van der Waals surface area contributed by atoms with Gasteiger partial charge in [0.05, 0.1) is 31.4 Å². The van der Waals surface area contributed by atoms with E-state index >= 15 is 0 Å². The average Bonchev–Trinajstić information content (AvgIpc) is 2.37. The fourth-order valence-electron chi connectivity index (χ4n) is 2.20. The first-order valence-corrected chi connectivity index (χ1v) is 6.22. The number of phenols is 1. The Balaban J connectivity index is 2.28. The van der Waals surface area contributed by atoms with Crippen LogP contribution in [-0.4, -0.2) is 48.3 Å². The molecular weight excluding hydrogens is 246 g/mol. The smallest absolute Gasteiger partial charge is 0.258 e. The summed E-state index contributed by atoms with van der Waals surface area (Å²) in [5, 5.41) is 9.93. The number of benzene rings is 1. The van der Waals surface area contributed by atoms with Gasteiger partial charge in [0.2, 0.25) is 0 Å². The van der Waals surface area contributed by atoms with Crippen LogP contribution in [0.2, 0.25) is 0 Å². The molecule has 1 saturated heterocycles. The zero-order chi connectivity index (χ0) is 14.0. The van der Waals surface area contributed by atoms with Gasteiger partial charge >= 0.3 is 0 Å². The van der Waals surface area contributed by atoms with Gasteiger partial charge in [-0.2, -0.15) is 0 Å². The van der Waals surface area contributed by atoms with E-state index in [2.05, 4.69) is 0 Å². The molecule has 5 nitrogen and oxygen atoms in total. The van der Waals surface area contributed by atoms with Crippen LogP contribution >= 0.6 is 0 Å². The molecule has 1 aromatic rings. The second kappa shape index (κ2) is 5.09. The molecule has 1 aliphatic heterocycles. The number of phenolic OH excluding ortho intramolecular Hbond substituents is 1. The minimum Gasteiger partial charge on any atom is -0.507 e. The number of hydrogen-bond donors (Lipinski definition) is 1. The van der Waals surface area contributed by atoms with Gasteiger partial charge in [-0.15, -0.1) is 0 Å². The molecule has 0 bridgehead atoms. The molecule has 0 unspecified atom stereocenters. The molecule has 19 heavy (non-hydrogen) atoms. The lowest BCUT2D eigenvalue weighted by molar-refractivity contribution is -0.0371. The lowest BCUT2D eigenvalue weighted by atomic mass is 10.0. The standard InChI is InChI=1S/C14H19NO4/c1-14(2)9-19-7-6-15(14)13(17)11-5-4-10(18-3)8-12(11)16/h4-5,8,16H,6-7,9H2,1-3H3. The monoisotopic (exact) mass is 265 g/mol. The molecule has 104 valence electrons. The van der Waals surface area contributed by atoms with Crippen LogP contribution in [0.1, 0.15) is 24.2 Å². The molecule has 1 fully saturated rings. The second-order valence-electron chi connectivity index (χ2n) is 5.20. The van der Waals surface area contributed by atoms with Crippen molar-refractivity contribution in [2.75, 3.05) is 26.9 Å². The summed E-state index contributed by atoms with van der Waals surface area (Å²) in [6, 6.07) is 4.70. The van der Waals surface area contributed by atoms with Gasteiger partial charge in [-0.3, -0.25) is 4.79 Å². The fraction of sp³-hybridized carbons (Fsp3) is 0.500. The number of rotatable bonds is 2. The number of methoxy groups -OCH3 is 1. The predicted molar refractivity (Wildman–Crippen MR) is 70.6 cm³/mol. The van der Waals surface area contributed by atoms with Crippen LogP contribution in [0.25, 0.3) is 0 Å². The van der Waals surface area contributed by atoms with Crippen LogP contribution < -0.4 is 4.74 Å². The molecule has 0 radical (unpaired) electrons. The van der Waals surface area contributed by atoms with Crippen molar-refractivity contribution in [2.24, 2.45) is 0 Å². The van der Waals surface area contributed by atoms with Gasteiger partial charge in [0.1, 0.15) is 11.5 Å². The van der Waals surface area contributed by atoms with Crippen molar-refractivity contribution >= 4 is 5.91 Å². The van der Waals surface area contributed by atoms with Crippen molar-refractivity contribution in [2.45, 2.75) is 19.4 Å². The van der Waals surface area contributed by atoms with E-state index in [4.69, 9.17) is 9.47 Å². The van der Waals surface area contributed by atoms with Crippen molar-refractivity contribution in [1.82, 2.24) is 4.90 Å². The van der Waals surface area contributed by atoms with Gasteiger partial charge < -0.3 is 19.5 Å². The summed E-state index contributed by atoms with van der Waals surface area (Å²) >= 11 is 0. The zero-order valence-electron chi connectivity index (χ0n) is 11.5. The lowest BCUT2D eigenvalue weighted by Crippen LogP contribution is -2.55. The first-order valence-electron chi connectivity index (χ1n) is 6.22. The van der Waals surface area contributed by atoms with Crippen molar-refractivity contribution in [3.8, 4) is 11.5 Å². The van der Waals surface area contributed by atoms with E-state index in [9.17, 15) is 9.90 Å². The fourth-order valence-corrected chi connectivity index (χ4v) is 2.20. The normalized spacial score (nSPS) is 18.2. The number of amides is 1. The van der Waals surface area contributed by atoms with Crippen molar-refractivity contribution in [1.29, 1.82) is 0 Å². The minimum absolute atomic E-state index is 0.0633. The number of aromatic hydroxyl groups is 1.